The van der Waals surface area contributed by atoms with Crippen molar-refractivity contribution in [1.82, 2.24) is 14.7 Å². The molecular weight excluding hydrogens is 466 g/mol. The quantitative estimate of drug-likeness (QED) is 0.554. The molecule has 1 unspecified atom stereocenters. The van der Waals surface area contributed by atoms with E-state index >= 15 is 0 Å². The summed E-state index contributed by atoms with van der Waals surface area (Å²) in [6, 6.07) is 0.419. The van der Waals surface area contributed by atoms with Crippen LogP contribution in [0.4, 0.5) is 26.3 Å². The molecule has 0 bridgehead atoms. The SMILES string of the molecule is CN(C(=O)c1cnn2c1C(CN)CCC2)C1CCC1.O=C(O)C(F)(F)F.O=C(O)C(F)(F)F. The Morgan fingerprint density at radius 3 is 1.91 bits per heavy atom. The zero-order valence-electron chi connectivity index (χ0n) is 17.5. The van der Waals surface area contributed by atoms with E-state index in [-0.39, 0.29) is 11.8 Å². The molecule has 1 atom stereocenters. The van der Waals surface area contributed by atoms with E-state index in [1.807, 2.05) is 16.6 Å². The minimum absolute atomic E-state index is 0.117. The number of carboxylic acid groups (broad SMARTS) is 2. The lowest BCUT2D eigenvalue weighted by Crippen LogP contribution is -2.41. The topological polar surface area (TPSA) is 139 Å². The van der Waals surface area contributed by atoms with Crippen LogP contribution in [0.25, 0.3) is 0 Å². The number of amides is 1. The van der Waals surface area contributed by atoms with Crippen molar-refractivity contribution in [3.05, 3.63) is 17.5 Å². The predicted octanol–water partition coefficient (Wildman–Crippen LogP) is 2.61. The molecule has 1 aromatic heterocycles. The Bertz CT molecular complexity index is 811. The smallest absolute Gasteiger partial charge is 0.475 e. The number of halogens is 6. The monoisotopic (exact) mass is 490 g/mol. The first kappa shape index (κ1) is 28.2. The van der Waals surface area contributed by atoms with E-state index in [1.54, 1.807) is 6.20 Å². The maximum atomic E-state index is 12.6. The first-order valence-corrected chi connectivity index (χ1v) is 9.74. The third-order valence-corrected chi connectivity index (χ3v) is 5.13. The van der Waals surface area contributed by atoms with Crippen LogP contribution in [0.15, 0.2) is 6.20 Å². The van der Waals surface area contributed by atoms with Gasteiger partial charge in [0.15, 0.2) is 0 Å². The van der Waals surface area contributed by atoms with Crippen molar-refractivity contribution in [3.8, 4) is 0 Å². The Morgan fingerprint density at radius 1 is 1.06 bits per heavy atom. The summed E-state index contributed by atoms with van der Waals surface area (Å²) in [4.78, 5) is 32.3. The van der Waals surface area contributed by atoms with Gasteiger partial charge in [0, 0.05) is 32.1 Å². The third kappa shape index (κ3) is 7.91. The first-order valence-electron chi connectivity index (χ1n) is 9.74. The highest BCUT2D eigenvalue weighted by Crippen LogP contribution is 2.31. The zero-order valence-corrected chi connectivity index (χ0v) is 17.5. The molecular formula is C18H24F6N4O5. The van der Waals surface area contributed by atoms with E-state index in [4.69, 9.17) is 25.5 Å². The molecule has 0 spiro atoms. The van der Waals surface area contributed by atoms with Gasteiger partial charge in [0.2, 0.25) is 0 Å². The van der Waals surface area contributed by atoms with Crippen LogP contribution in [0.1, 0.15) is 54.1 Å². The third-order valence-electron chi connectivity index (χ3n) is 5.13. The highest BCUT2D eigenvalue weighted by molar-refractivity contribution is 5.95. The molecule has 0 aromatic carbocycles. The first-order chi connectivity index (χ1) is 15.1. The molecule has 1 fully saturated rings. The molecule has 4 N–H and O–H groups in total. The van der Waals surface area contributed by atoms with Crippen LogP contribution >= 0.6 is 0 Å². The Balaban J connectivity index is 0.000000324. The molecule has 9 nitrogen and oxygen atoms in total. The van der Waals surface area contributed by atoms with Gasteiger partial charge in [0.05, 0.1) is 17.5 Å². The maximum Gasteiger partial charge on any atom is 0.490 e. The molecule has 2 heterocycles. The van der Waals surface area contributed by atoms with Crippen molar-refractivity contribution in [2.75, 3.05) is 13.6 Å². The number of fused-ring (bicyclic) bond motifs is 1. The van der Waals surface area contributed by atoms with Gasteiger partial charge in [0.25, 0.3) is 5.91 Å². The van der Waals surface area contributed by atoms with Gasteiger partial charge in [-0.25, -0.2) is 9.59 Å². The number of rotatable bonds is 3. The van der Waals surface area contributed by atoms with E-state index in [9.17, 15) is 31.1 Å². The summed E-state index contributed by atoms with van der Waals surface area (Å²) in [7, 11) is 1.91. The molecule has 3 rings (SSSR count). The molecule has 0 radical (unpaired) electrons. The minimum atomic E-state index is -5.08. The van der Waals surface area contributed by atoms with Crippen LogP contribution in [0, 0.1) is 0 Å². The van der Waals surface area contributed by atoms with Crippen LogP contribution in [0.5, 0.6) is 0 Å². The van der Waals surface area contributed by atoms with E-state index in [0.717, 1.165) is 43.5 Å². The lowest BCUT2D eigenvalue weighted by molar-refractivity contribution is -0.193. The van der Waals surface area contributed by atoms with Gasteiger partial charge in [-0.05, 0) is 32.1 Å². The van der Waals surface area contributed by atoms with E-state index in [1.165, 1.54) is 6.42 Å². The van der Waals surface area contributed by atoms with Crippen LogP contribution < -0.4 is 5.73 Å². The number of aliphatic carboxylic acids is 2. The van der Waals surface area contributed by atoms with Gasteiger partial charge < -0.3 is 20.8 Å². The number of carbonyl (C=O) groups is 3. The van der Waals surface area contributed by atoms with E-state index < -0.39 is 24.3 Å². The van der Waals surface area contributed by atoms with E-state index in [2.05, 4.69) is 5.10 Å². The van der Waals surface area contributed by atoms with Crippen LogP contribution in [-0.2, 0) is 16.1 Å². The molecule has 2 aliphatic rings. The Labute approximate surface area is 184 Å². The van der Waals surface area contributed by atoms with Gasteiger partial charge in [-0.2, -0.15) is 31.4 Å². The molecule has 33 heavy (non-hydrogen) atoms. The Hall–Kier alpha value is -2.84. The number of aromatic nitrogens is 2. The Morgan fingerprint density at radius 2 is 1.55 bits per heavy atom. The molecule has 15 heteroatoms. The fraction of sp³-hybridized carbons (Fsp3) is 0.667. The highest BCUT2D eigenvalue weighted by atomic mass is 19.4. The van der Waals surface area contributed by atoms with E-state index in [0.29, 0.717) is 12.6 Å². The zero-order chi connectivity index (χ0) is 25.6. The molecule has 1 aliphatic heterocycles. The van der Waals surface area contributed by atoms with Crippen molar-refractivity contribution >= 4 is 17.8 Å². The summed E-state index contributed by atoms with van der Waals surface area (Å²) in [5.74, 6) is -5.11. The largest absolute Gasteiger partial charge is 0.490 e. The summed E-state index contributed by atoms with van der Waals surface area (Å²) in [6.45, 7) is 1.51. The fourth-order valence-electron chi connectivity index (χ4n) is 3.15. The molecule has 0 saturated heterocycles. The second kappa shape index (κ2) is 11.3. The van der Waals surface area contributed by atoms with Gasteiger partial charge in [-0.15, -0.1) is 0 Å². The van der Waals surface area contributed by atoms with Crippen molar-refractivity contribution in [3.63, 3.8) is 0 Å². The predicted molar refractivity (Wildman–Crippen MR) is 100 cm³/mol. The fourth-order valence-corrected chi connectivity index (χ4v) is 3.15. The van der Waals surface area contributed by atoms with Crippen molar-refractivity contribution in [2.45, 2.75) is 63.0 Å². The standard InChI is InChI=1S/C14H22N4O.2C2HF3O2/c1-17(11-5-2-6-11)14(19)12-9-16-18-7-3-4-10(8-15)13(12)18;2*3-2(4,5)1(6)7/h9-11H,2-8,15H2,1H3;2*(H,6,7). The number of aryl methyl sites for hydroxylation is 1. The number of hydrogen-bond donors (Lipinski definition) is 3. The number of carboxylic acids is 2. The summed E-state index contributed by atoms with van der Waals surface area (Å²) >= 11 is 0. The van der Waals surface area contributed by atoms with Crippen LogP contribution in [0.3, 0.4) is 0 Å². The van der Waals surface area contributed by atoms with Crippen molar-refractivity contribution in [2.24, 2.45) is 5.73 Å². The molecule has 1 amide bonds. The molecule has 188 valence electrons. The Kier molecular flexibility index (Phi) is 9.69. The van der Waals surface area contributed by atoms with Gasteiger partial charge in [0.1, 0.15) is 0 Å². The van der Waals surface area contributed by atoms with Crippen molar-refractivity contribution < 1.29 is 50.9 Å². The lowest BCUT2D eigenvalue weighted by atomic mass is 9.90. The number of nitrogens with two attached hydrogens (primary N) is 1. The summed E-state index contributed by atoms with van der Waals surface area (Å²) in [6.07, 6.45) is -2.77. The average molecular weight is 490 g/mol. The summed E-state index contributed by atoms with van der Waals surface area (Å²) < 4.78 is 65.4. The normalized spacial score (nSPS) is 17.9. The average Bonchev–Trinajstić information content (AvgIpc) is 3.09. The number of nitrogens with zero attached hydrogens (tertiary/aromatic N) is 3. The number of carbonyl (C=O) groups excluding carboxylic acids is 1. The summed E-state index contributed by atoms with van der Waals surface area (Å²) in [5, 5.41) is 18.6. The van der Waals surface area contributed by atoms with Crippen LogP contribution in [-0.4, -0.2) is 74.7 Å². The summed E-state index contributed by atoms with van der Waals surface area (Å²) in [5.41, 5.74) is 7.68. The van der Waals surface area contributed by atoms with Gasteiger partial charge in [-0.3, -0.25) is 9.48 Å². The second-order valence-electron chi connectivity index (χ2n) is 7.35. The highest BCUT2D eigenvalue weighted by Gasteiger charge is 2.39. The second-order valence-corrected chi connectivity index (χ2v) is 7.35. The number of hydrogen-bond acceptors (Lipinski definition) is 5. The maximum absolute atomic E-state index is 12.6. The van der Waals surface area contributed by atoms with Crippen molar-refractivity contribution in [1.29, 1.82) is 0 Å². The van der Waals surface area contributed by atoms with Gasteiger partial charge in [-0.1, -0.05) is 0 Å². The minimum Gasteiger partial charge on any atom is -0.475 e. The molecule has 1 aliphatic carbocycles. The van der Waals surface area contributed by atoms with Gasteiger partial charge >= 0.3 is 24.3 Å². The molecule has 1 aromatic rings. The molecule has 1 saturated carbocycles. The number of alkyl halides is 6. The lowest BCUT2D eigenvalue weighted by Gasteiger charge is -2.35. The van der Waals surface area contributed by atoms with Crippen LogP contribution in [0.2, 0.25) is 0 Å².